The van der Waals surface area contributed by atoms with E-state index in [-0.39, 0.29) is 23.7 Å². The van der Waals surface area contributed by atoms with E-state index in [1.54, 1.807) is 42.5 Å². The second-order valence-corrected chi connectivity index (χ2v) is 19.9. The summed E-state index contributed by atoms with van der Waals surface area (Å²) in [5, 5.41) is 0. The van der Waals surface area contributed by atoms with Gasteiger partial charge in [0.25, 0.3) is 0 Å². The van der Waals surface area contributed by atoms with E-state index in [2.05, 4.69) is 0 Å². The van der Waals surface area contributed by atoms with E-state index in [0.29, 0.717) is 22.6 Å². The zero-order valence-corrected chi connectivity index (χ0v) is 21.9. The van der Waals surface area contributed by atoms with E-state index in [1.165, 1.54) is 0 Å². The van der Waals surface area contributed by atoms with Gasteiger partial charge in [-0.15, -0.1) is 0 Å². The molecule has 4 nitrogen and oxygen atoms in total. The van der Waals surface area contributed by atoms with Crippen LogP contribution in [0, 0.1) is 0 Å². The molecule has 3 rings (SSSR count). The topological polar surface area (TPSA) is 36.9 Å². The number of ether oxygens (including phenoxy) is 1. The summed E-state index contributed by atoms with van der Waals surface area (Å²) in [6.45, 7) is 1.84. The zero-order chi connectivity index (χ0) is 30.5. The first-order chi connectivity index (χ1) is 18.0. The van der Waals surface area contributed by atoms with Crippen molar-refractivity contribution in [1.82, 2.24) is 0 Å². The lowest BCUT2D eigenvalue weighted by atomic mass is 9.99. The maximum Gasteiger partial charge on any atom is 0.242 e. The number of fused-ring (bicyclic) bond motifs is 1. The highest BCUT2D eigenvalue weighted by Gasteiger charge is 2.29. The average Bonchev–Trinajstić information content (AvgIpc) is 2.73. The Kier molecular flexibility index (Phi) is 3.91. The van der Waals surface area contributed by atoms with Crippen LogP contribution in [0.4, 0.5) is 0 Å². The van der Waals surface area contributed by atoms with Crippen molar-refractivity contribution < 1.29 is 30.4 Å². The maximum atomic E-state index is 8.13. The summed E-state index contributed by atoms with van der Waals surface area (Å²) in [5.74, 6) is 1.32. The van der Waals surface area contributed by atoms with Gasteiger partial charge < -0.3 is 18.0 Å². The minimum Gasteiger partial charge on any atom is -0.544 e. The third kappa shape index (κ3) is 6.75. The molecular formula is C24H36O4Si3. The minimum atomic E-state index is -5.58. The monoisotopic (exact) mass is 481 g/mol. The Morgan fingerprint density at radius 2 is 1.32 bits per heavy atom. The largest absolute Gasteiger partial charge is 0.544 e. The van der Waals surface area contributed by atoms with Gasteiger partial charge in [0, 0.05) is 24.0 Å². The first-order valence-corrected chi connectivity index (χ1v) is 18.9. The van der Waals surface area contributed by atoms with E-state index in [4.69, 9.17) is 30.4 Å². The van der Waals surface area contributed by atoms with E-state index >= 15 is 0 Å². The molecule has 2 aromatic carbocycles. The van der Waals surface area contributed by atoms with Crippen LogP contribution < -0.4 is 13.6 Å². The molecule has 7 heteroatoms. The molecule has 0 unspecified atom stereocenters. The Bertz CT molecular complexity index is 1220. The molecule has 31 heavy (non-hydrogen) atoms. The highest BCUT2D eigenvalue weighted by atomic mass is 28.4. The molecule has 0 spiro atoms. The molecule has 0 saturated carbocycles. The third-order valence-electron chi connectivity index (χ3n) is 4.15. The Morgan fingerprint density at radius 3 is 1.90 bits per heavy atom. The molecule has 0 saturated heterocycles. The number of rotatable bonds is 7. The van der Waals surface area contributed by atoms with Crippen LogP contribution in [0.2, 0.25) is 58.7 Å². The van der Waals surface area contributed by atoms with Crippen LogP contribution in [0.25, 0.3) is 11.3 Å². The van der Waals surface area contributed by atoms with Gasteiger partial charge >= 0.3 is 0 Å². The van der Waals surface area contributed by atoms with Gasteiger partial charge in [-0.2, -0.15) is 0 Å². The van der Waals surface area contributed by atoms with Gasteiger partial charge in [-0.1, -0.05) is 12.1 Å². The van der Waals surface area contributed by atoms with E-state index < -0.39 is 44.4 Å². The summed E-state index contributed by atoms with van der Waals surface area (Å²) >= 11 is 0. The predicted octanol–water partition coefficient (Wildman–Crippen LogP) is 7.23. The summed E-state index contributed by atoms with van der Waals surface area (Å²) in [5.41, 5.74) is 1.14. The highest BCUT2D eigenvalue weighted by Crippen LogP contribution is 2.41. The van der Waals surface area contributed by atoms with Crippen LogP contribution >= 0.6 is 0 Å². The second-order valence-electron chi connectivity index (χ2n) is 9.49. The van der Waals surface area contributed by atoms with E-state index in [1.807, 2.05) is 39.3 Å². The van der Waals surface area contributed by atoms with Crippen LogP contribution in [-0.2, 0) is 4.43 Å². The van der Waals surface area contributed by atoms with Crippen molar-refractivity contribution in [2.24, 2.45) is 0 Å². The Morgan fingerprint density at radius 1 is 0.742 bits per heavy atom. The highest BCUT2D eigenvalue weighted by molar-refractivity contribution is 6.71. The molecule has 1 aliphatic heterocycles. The summed E-state index contributed by atoms with van der Waals surface area (Å²) in [4.78, 5) is 0. The van der Waals surface area contributed by atoms with Crippen molar-refractivity contribution in [1.29, 1.82) is 0 Å². The second kappa shape index (κ2) is 8.52. The van der Waals surface area contributed by atoms with Crippen molar-refractivity contribution in [3.8, 4) is 17.2 Å². The molecule has 168 valence electrons. The molecule has 0 fully saturated rings. The molecule has 0 aliphatic carbocycles. The van der Waals surface area contributed by atoms with Gasteiger partial charge in [0.05, 0.1) is 5.56 Å². The first kappa shape index (κ1) is 14.2. The quantitative estimate of drug-likeness (QED) is 0.391. The van der Waals surface area contributed by atoms with Crippen LogP contribution in [0.3, 0.4) is 0 Å². The standard InChI is InChI=1S/C24H36O4Si3/c1-29(2,3)26-19-12-10-18(11-13-19)22-17-25-23-16-20(27-30(4,5)6)14-15-21(23)24(22)28-31(7,8)9/h10-16H,17H2,1-9H3/i7D3,8D3,9D3. The Balaban J connectivity index is 2.28. The molecular weight excluding hydrogens is 437 g/mol. The van der Waals surface area contributed by atoms with Gasteiger partial charge in [0.15, 0.2) is 0 Å². The summed E-state index contributed by atoms with van der Waals surface area (Å²) < 4.78 is 97.3. The fourth-order valence-corrected chi connectivity index (χ4v) is 5.38. The fraction of sp³-hybridized carbons (Fsp3) is 0.417. The van der Waals surface area contributed by atoms with Gasteiger partial charge in [-0.05, 0) is 88.5 Å². The predicted molar refractivity (Wildman–Crippen MR) is 138 cm³/mol. The lowest BCUT2D eigenvalue weighted by Gasteiger charge is -2.30. The van der Waals surface area contributed by atoms with Crippen molar-refractivity contribution in [2.45, 2.75) is 58.7 Å². The molecule has 0 radical (unpaired) electrons. The Labute approximate surface area is 203 Å². The molecule has 0 bridgehead atoms. The van der Waals surface area contributed by atoms with Crippen LogP contribution in [0.1, 0.15) is 23.5 Å². The van der Waals surface area contributed by atoms with Crippen LogP contribution in [0.5, 0.6) is 17.2 Å². The average molecular weight is 482 g/mol. The van der Waals surface area contributed by atoms with Crippen molar-refractivity contribution in [3.05, 3.63) is 53.6 Å². The van der Waals surface area contributed by atoms with E-state index in [0.717, 1.165) is 0 Å². The maximum absolute atomic E-state index is 8.13. The van der Waals surface area contributed by atoms with Crippen molar-refractivity contribution in [3.63, 3.8) is 0 Å². The number of hydrogen-bond acceptors (Lipinski definition) is 4. The molecule has 2 aromatic rings. The number of benzene rings is 2. The molecule has 0 aromatic heterocycles. The Hall–Kier alpha value is -1.97. The molecule has 0 N–H and O–H groups in total. The molecule has 0 amide bonds. The smallest absolute Gasteiger partial charge is 0.242 e. The zero-order valence-electron chi connectivity index (χ0n) is 27.9. The van der Waals surface area contributed by atoms with Crippen molar-refractivity contribution in [2.75, 3.05) is 6.61 Å². The fourth-order valence-electron chi connectivity index (χ4n) is 3.17. The van der Waals surface area contributed by atoms with Gasteiger partial charge in [-0.3, -0.25) is 0 Å². The summed E-state index contributed by atoms with van der Waals surface area (Å²) in [7, 11) is -9.45. The lowest BCUT2D eigenvalue weighted by molar-refractivity contribution is 0.353. The first-order valence-electron chi connectivity index (χ1n) is 14.6. The number of hydrogen-bond donors (Lipinski definition) is 0. The normalized spacial score (nSPS) is 20.1. The van der Waals surface area contributed by atoms with Crippen LogP contribution in [-0.4, -0.2) is 31.6 Å². The summed E-state index contributed by atoms with van der Waals surface area (Å²) in [6, 6.07) is 11.8. The minimum absolute atomic E-state index is 0.111. The molecule has 1 aliphatic rings. The van der Waals surface area contributed by atoms with Crippen molar-refractivity contribution >= 4 is 36.3 Å². The molecule has 0 atom stereocenters. The van der Waals surface area contributed by atoms with Crippen LogP contribution in [0.15, 0.2) is 42.5 Å². The summed E-state index contributed by atoms with van der Waals surface area (Å²) in [6.07, 6.45) is 0. The van der Waals surface area contributed by atoms with Gasteiger partial charge in [0.2, 0.25) is 25.0 Å². The SMILES string of the molecule is [2H]C([2H])([2H])[Si](OC1=C(c2ccc(O[Si](C)(C)C)cc2)COc2cc(O[Si](C)(C)C)ccc21)(C([2H])([2H])[2H])C([2H])([2H])[2H]. The van der Waals surface area contributed by atoms with E-state index in [9.17, 15) is 0 Å². The lowest BCUT2D eigenvalue weighted by Crippen LogP contribution is -2.29. The van der Waals surface area contributed by atoms with Gasteiger partial charge in [0.1, 0.15) is 29.6 Å². The third-order valence-corrected chi connectivity index (χ3v) is 6.36. The van der Waals surface area contributed by atoms with Gasteiger partial charge in [-0.25, -0.2) is 0 Å². The molecule has 1 heterocycles.